The van der Waals surface area contributed by atoms with Crippen LogP contribution in [-0.2, 0) is 11.4 Å². The highest BCUT2D eigenvalue weighted by molar-refractivity contribution is 5.75. The maximum absolute atomic E-state index is 11.8. The zero-order chi connectivity index (χ0) is 12.7. The molecule has 1 rings (SSSR count). The Morgan fingerprint density at radius 2 is 1.94 bits per heavy atom. The van der Waals surface area contributed by atoms with Gasteiger partial charge in [0, 0.05) is 0 Å². The van der Waals surface area contributed by atoms with Gasteiger partial charge >= 0.3 is 5.97 Å². The maximum Gasteiger partial charge on any atom is 0.314 e. The van der Waals surface area contributed by atoms with Crippen LogP contribution in [0.1, 0.15) is 38.7 Å². The summed E-state index contributed by atoms with van der Waals surface area (Å²) in [4.78, 5) is 11.8. The molecule has 0 heterocycles. The van der Waals surface area contributed by atoms with Gasteiger partial charge in [0.25, 0.3) is 0 Å². The van der Waals surface area contributed by atoms with Crippen LogP contribution in [0.2, 0.25) is 0 Å². The third-order valence-electron chi connectivity index (χ3n) is 2.79. The maximum atomic E-state index is 11.8. The van der Waals surface area contributed by atoms with Gasteiger partial charge in [-0.15, -0.1) is 0 Å². The van der Waals surface area contributed by atoms with Crippen molar-refractivity contribution in [1.29, 1.82) is 0 Å². The summed E-state index contributed by atoms with van der Waals surface area (Å²) in [6.07, 6.45) is 2.66. The highest BCUT2D eigenvalue weighted by Gasteiger charge is 2.17. The van der Waals surface area contributed by atoms with E-state index in [4.69, 9.17) is 9.84 Å². The average Bonchev–Trinajstić information content (AvgIpc) is 2.36. The summed E-state index contributed by atoms with van der Waals surface area (Å²) in [6, 6.07) is 6.93. The van der Waals surface area contributed by atoms with E-state index in [0.717, 1.165) is 24.8 Å². The lowest BCUT2D eigenvalue weighted by molar-refractivity contribution is -0.139. The van der Waals surface area contributed by atoms with Crippen LogP contribution in [0.25, 0.3) is 0 Å². The standard InChI is InChI=1S/C14H20O3/c1-3-5-12(4-2)14(16)17-13-8-6-11(10-15)7-9-13/h6-9,12,15H,3-5,10H2,1-2H3. The Morgan fingerprint density at radius 3 is 2.41 bits per heavy atom. The first-order valence-electron chi connectivity index (χ1n) is 6.12. The molecule has 0 aromatic heterocycles. The predicted molar refractivity (Wildman–Crippen MR) is 66.7 cm³/mol. The average molecular weight is 236 g/mol. The van der Waals surface area contributed by atoms with Crippen molar-refractivity contribution in [2.75, 3.05) is 0 Å². The molecule has 0 saturated carbocycles. The van der Waals surface area contributed by atoms with Crippen molar-refractivity contribution in [1.82, 2.24) is 0 Å². The minimum absolute atomic E-state index is 0.00163. The van der Waals surface area contributed by atoms with Crippen molar-refractivity contribution in [3.63, 3.8) is 0 Å². The van der Waals surface area contributed by atoms with Gasteiger partial charge in [0.2, 0.25) is 0 Å². The van der Waals surface area contributed by atoms with Crippen LogP contribution in [0, 0.1) is 5.92 Å². The topological polar surface area (TPSA) is 46.5 Å². The number of carbonyl (C=O) groups excluding carboxylic acids is 1. The molecule has 1 aromatic rings. The third kappa shape index (κ3) is 4.19. The Kier molecular flexibility index (Phi) is 5.70. The molecule has 1 N–H and O–H groups in total. The second-order valence-corrected chi connectivity index (χ2v) is 4.12. The van der Waals surface area contributed by atoms with Gasteiger partial charge in [-0.3, -0.25) is 4.79 Å². The van der Waals surface area contributed by atoms with Crippen molar-refractivity contribution < 1.29 is 14.6 Å². The normalized spacial score (nSPS) is 12.2. The van der Waals surface area contributed by atoms with E-state index in [2.05, 4.69) is 6.92 Å². The number of ether oxygens (including phenoxy) is 1. The Balaban J connectivity index is 2.59. The fraction of sp³-hybridized carbons (Fsp3) is 0.500. The number of esters is 1. The minimum Gasteiger partial charge on any atom is -0.426 e. The summed E-state index contributed by atoms with van der Waals surface area (Å²) in [5, 5.41) is 8.90. The van der Waals surface area contributed by atoms with Gasteiger partial charge in [0.1, 0.15) is 5.75 Å². The van der Waals surface area contributed by atoms with E-state index < -0.39 is 0 Å². The zero-order valence-corrected chi connectivity index (χ0v) is 10.5. The molecule has 0 spiro atoms. The van der Waals surface area contributed by atoms with Gasteiger partial charge in [0.15, 0.2) is 0 Å². The summed E-state index contributed by atoms with van der Waals surface area (Å²) >= 11 is 0. The summed E-state index contributed by atoms with van der Waals surface area (Å²) in [5.41, 5.74) is 0.811. The van der Waals surface area contributed by atoms with E-state index in [-0.39, 0.29) is 18.5 Å². The number of aliphatic hydroxyl groups excluding tert-OH is 1. The highest BCUT2D eigenvalue weighted by Crippen LogP contribution is 2.17. The molecule has 0 aliphatic heterocycles. The van der Waals surface area contributed by atoms with Crippen molar-refractivity contribution >= 4 is 5.97 Å². The lowest BCUT2D eigenvalue weighted by atomic mass is 10.0. The molecule has 94 valence electrons. The largest absolute Gasteiger partial charge is 0.426 e. The number of rotatable bonds is 6. The molecule has 3 heteroatoms. The molecular weight excluding hydrogens is 216 g/mol. The van der Waals surface area contributed by atoms with E-state index in [1.807, 2.05) is 6.92 Å². The van der Waals surface area contributed by atoms with Gasteiger partial charge in [0.05, 0.1) is 12.5 Å². The van der Waals surface area contributed by atoms with Crippen molar-refractivity contribution in [3.8, 4) is 5.75 Å². The summed E-state index contributed by atoms with van der Waals surface area (Å²) < 4.78 is 5.30. The molecule has 0 fully saturated rings. The van der Waals surface area contributed by atoms with Crippen molar-refractivity contribution in [2.24, 2.45) is 5.92 Å². The van der Waals surface area contributed by atoms with Gasteiger partial charge in [-0.05, 0) is 30.5 Å². The van der Waals surface area contributed by atoms with Crippen LogP contribution in [0.15, 0.2) is 24.3 Å². The number of hydrogen-bond acceptors (Lipinski definition) is 3. The molecule has 0 radical (unpaired) electrons. The summed E-state index contributed by atoms with van der Waals surface area (Å²) in [6.45, 7) is 4.06. The zero-order valence-electron chi connectivity index (χ0n) is 10.5. The van der Waals surface area contributed by atoms with Crippen LogP contribution >= 0.6 is 0 Å². The number of benzene rings is 1. The molecule has 3 nitrogen and oxygen atoms in total. The fourth-order valence-electron chi connectivity index (χ4n) is 1.70. The minimum atomic E-state index is -0.161. The Labute approximate surface area is 102 Å². The van der Waals surface area contributed by atoms with E-state index in [1.54, 1.807) is 24.3 Å². The molecule has 0 aliphatic carbocycles. The molecule has 1 atom stereocenters. The van der Waals surface area contributed by atoms with Gasteiger partial charge in [-0.25, -0.2) is 0 Å². The van der Waals surface area contributed by atoms with Crippen LogP contribution in [-0.4, -0.2) is 11.1 Å². The monoisotopic (exact) mass is 236 g/mol. The molecule has 0 aliphatic rings. The van der Waals surface area contributed by atoms with E-state index in [9.17, 15) is 4.79 Å². The summed E-state index contributed by atoms with van der Waals surface area (Å²) in [7, 11) is 0. The van der Waals surface area contributed by atoms with Gasteiger partial charge < -0.3 is 9.84 Å². The molecule has 0 amide bonds. The molecule has 0 saturated heterocycles. The van der Waals surface area contributed by atoms with E-state index in [0.29, 0.717) is 5.75 Å². The Bertz CT molecular complexity index is 343. The van der Waals surface area contributed by atoms with E-state index in [1.165, 1.54) is 0 Å². The summed E-state index contributed by atoms with van der Waals surface area (Å²) in [5.74, 6) is 0.366. The number of hydrogen-bond donors (Lipinski definition) is 1. The van der Waals surface area contributed by atoms with Crippen molar-refractivity contribution in [2.45, 2.75) is 39.7 Å². The van der Waals surface area contributed by atoms with E-state index >= 15 is 0 Å². The van der Waals surface area contributed by atoms with Crippen LogP contribution in [0.3, 0.4) is 0 Å². The number of carbonyl (C=O) groups is 1. The van der Waals surface area contributed by atoms with Crippen molar-refractivity contribution in [3.05, 3.63) is 29.8 Å². The second-order valence-electron chi connectivity index (χ2n) is 4.12. The number of aliphatic hydroxyl groups is 1. The highest BCUT2D eigenvalue weighted by atomic mass is 16.5. The van der Waals surface area contributed by atoms with Crippen LogP contribution < -0.4 is 4.74 Å². The Hall–Kier alpha value is -1.35. The SMILES string of the molecule is CCCC(CC)C(=O)Oc1ccc(CO)cc1. The molecule has 1 unspecified atom stereocenters. The molecule has 0 bridgehead atoms. The van der Waals surface area contributed by atoms with Crippen LogP contribution in [0.5, 0.6) is 5.75 Å². The predicted octanol–water partition coefficient (Wildman–Crippen LogP) is 2.91. The first-order valence-corrected chi connectivity index (χ1v) is 6.12. The fourth-order valence-corrected chi connectivity index (χ4v) is 1.70. The first-order chi connectivity index (χ1) is 8.21. The molecule has 17 heavy (non-hydrogen) atoms. The quantitative estimate of drug-likeness (QED) is 0.610. The van der Waals surface area contributed by atoms with Gasteiger partial charge in [-0.2, -0.15) is 0 Å². The second kappa shape index (κ2) is 7.07. The smallest absolute Gasteiger partial charge is 0.314 e. The van der Waals surface area contributed by atoms with Gasteiger partial charge in [-0.1, -0.05) is 32.4 Å². The lowest BCUT2D eigenvalue weighted by Crippen LogP contribution is -2.19. The van der Waals surface area contributed by atoms with Crippen LogP contribution in [0.4, 0.5) is 0 Å². The Morgan fingerprint density at radius 1 is 1.29 bits per heavy atom. The first kappa shape index (κ1) is 13.7. The molecule has 1 aromatic carbocycles. The third-order valence-corrected chi connectivity index (χ3v) is 2.79. The molecular formula is C14H20O3. The lowest BCUT2D eigenvalue weighted by Gasteiger charge is -2.12.